The molecule has 27 heavy (non-hydrogen) atoms. The standard InChI is InChI=1S/C21H26O6/c1-13(2)16(12-22)7-6-15-9-18(27-20(15)24)11-21(4,25-5)10-17-8-14(3)19(23)26-17/h8-10,12,18H,6-7,11H2,1-5H3/b17-10-/t18-,21-/m0/s1. The van der Waals surface area contributed by atoms with Crippen LogP contribution in [0.2, 0.25) is 0 Å². The van der Waals surface area contributed by atoms with E-state index >= 15 is 0 Å². The van der Waals surface area contributed by atoms with Crippen molar-refractivity contribution in [2.75, 3.05) is 7.11 Å². The van der Waals surface area contributed by atoms with Crippen LogP contribution >= 0.6 is 0 Å². The van der Waals surface area contributed by atoms with Crippen LogP contribution in [-0.2, 0) is 28.6 Å². The first kappa shape index (κ1) is 20.8. The van der Waals surface area contributed by atoms with Crippen LogP contribution in [0.25, 0.3) is 0 Å². The molecule has 0 N–H and O–H groups in total. The lowest BCUT2D eigenvalue weighted by molar-refractivity contribution is -0.141. The first-order valence-corrected chi connectivity index (χ1v) is 8.89. The minimum atomic E-state index is -0.776. The Hall–Kier alpha value is -2.47. The predicted molar refractivity (Wildman–Crippen MR) is 99.6 cm³/mol. The van der Waals surface area contributed by atoms with Crippen molar-refractivity contribution in [1.82, 2.24) is 0 Å². The molecule has 0 aliphatic carbocycles. The van der Waals surface area contributed by atoms with Crippen LogP contribution in [0, 0.1) is 0 Å². The topological polar surface area (TPSA) is 78.9 Å². The Labute approximate surface area is 159 Å². The van der Waals surface area contributed by atoms with Gasteiger partial charge in [-0.25, -0.2) is 9.59 Å². The predicted octanol–water partition coefficient (Wildman–Crippen LogP) is 3.34. The van der Waals surface area contributed by atoms with E-state index in [1.54, 1.807) is 32.3 Å². The number of carbonyl (C=O) groups excluding carboxylic acids is 3. The van der Waals surface area contributed by atoms with Crippen LogP contribution < -0.4 is 0 Å². The Morgan fingerprint density at radius 2 is 2.00 bits per heavy atom. The van der Waals surface area contributed by atoms with Crippen LogP contribution in [0.3, 0.4) is 0 Å². The summed E-state index contributed by atoms with van der Waals surface area (Å²) in [4.78, 5) is 34.7. The van der Waals surface area contributed by atoms with Crippen molar-refractivity contribution in [3.05, 3.63) is 46.3 Å². The zero-order chi connectivity index (χ0) is 20.2. The number of aldehydes is 1. The molecular formula is C21H26O6. The van der Waals surface area contributed by atoms with Crippen molar-refractivity contribution in [1.29, 1.82) is 0 Å². The second kappa shape index (κ2) is 8.48. The zero-order valence-corrected chi connectivity index (χ0v) is 16.5. The second-order valence-corrected chi connectivity index (χ2v) is 7.26. The number of carbonyl (C=O) groups is 3. The molecule has 0 saturated carbocycles. The van der Waals surface area contributed by atoms with Gasteiger partial charge in [0.1, 0.15) is 18.1 Å². The maximum atomic E-state index is 12.1. The van der Waals surface area contributed by atoms with Gasteiger partial charge in [0.05, 0.1) is 5.60 Å². The fraction of sp³-hybridized carbons (Fsp3) is 0.476. The van der Waals surface area contributed by atoms with Crippen molar-refractivity contribution in [3.8, 4) is 0 Å². The van der Waals surface area contributed by atoms with E-state index in [0.717, 1.165) is 11.9 Å². The summed E-state index contributed by atoms with van der Waals surface area (Å²) in [6.07, 6.45) is 6.90. The van der Waals surface area contributed by atoms with E-state index in [1.165, 1.54) is 0 Å². The third kappa shape index (κ3) is 5.26. The van der Waals surface area contributed by atoms with E-state index in [1.807, 2.05) is 20.8 Å². The lowest BCUT2D eigenvalue weighted by Crippen LogP contribution is -2.30. The number of ether oxygens (including phenoxy) is 3. The first-order valence-electron chi connectivity index (χ1n) is 8.89. The molecule has 0 spiro atoms. The van der Waals surface area contributed by atoms with E-state index in [2.05, 4.69) is 0 Å². The maximum absolute atomic E-state index is 12.1. The highest BCUT2D eigenvalue weighted by Gasteiger charge is 2.33. The number of rotatable bonds is 8. The molecule has 6 heteroatoms. The number of cyclic esters (lactones) is 2. The molecule has 0 saturated heterocycles. The van der Waals surface area contributed by atoms with Gasteiger partial charge in [0.15, 0.2) is 0 Å². The van der Waals surface area contributed by atoms with Crippen LogP contribution in [0.4, 0.5) is 0 Å². The number of methoxy groups -OCH3 is 1. The van der Waals surface area contributed by atoms with E-state index in [9.17, 15) is 14.4 Å². The third-order valence-corrected chi connectivity index (χ3v) is 4.77. The summed E-state index contributed by atoms with van der Waals surface area (Å²) < 4.78 is 16.2. The Morgan fingerprint density at radius 1 is 1.30 bits per heavy atom. The van der Waals surface area contributed by atoms with Crippen LogP contribution in [0.5, 0.6) is 0 Å². The lowest BCUT2D eigenvalue weighted by atomic mass is 9.95. The largest absolute Gasteiger partial charge is 0.455 e. The summed E-state index contributed by atoms with van der Waals surface area (Å²) in [5.74, 6) is -0.317. The van der Waals surface area contributed by atoms with Crippen molar-refractivity contribution in [2.45, 2.75) is 58.7 Å². The summed E-state index contributed by atoms with van der Waals surface area (Å²) >= 11 is 0. The summed E-state index contributed by atoms with van der Waals surface area (Å²) in [5, 5.41) is 0. The van der Waals surface area contributed by atoms with Gasteiger partial charge in [0, 0.05) is 24.7 Å². The monoisotopic (exact) mass is 374 g/mol. The smallest absolute Gasteiger partial charge is 0.339 e. The van der Waals surface area contributed by atoms with Gasteiger partial charge in [0.25, 0.3) is 0 Å². The van der Waals surface area contributed by atoms with Crippen molar-refractivity contribution in [3.63, 3.8) is 0 Å². The quantitative estimate of drug-likeness (QED) is 0.368. The van der Waals surface area contributed by atoms with Gasteiger partial charge < -0.3 is 14.2 Å². The van der Waals surface area contributed by atoms with Gasteiger partial charge in [-0.05, 0) is 64.3 Å². The molecule has 2 heterocycles. The summed E-state index contributed by atoms with van der Waals surface area (Å²) in [6.45, 7) is 7.26. The van der Waals surface area contributed by atoms with Crippen LogP contribution in [0.15, 0.2) is 46.3 Å². The van der Waals surface area contributed by atoms with Gasteiger partial charge in [-0.15, -0.1) is 0 Å². The molecule has 0 fully saturated rings. The normalized spacial score (nSPS) is 22.7. The molecule has 0 amide bonds. The molecule has 0 aromatic heterocycles. The van der Waals surface area contributed by atoms with Crippen molar-refractivity contribution >= 4 is 18.2 Å². The third-order valence-electron chi connectivity index (χ3n) is 4.77. The second-order valence-electron chi connectivity index (χ2n) is 7.26. The fourth-order valence-electron chi connectivity index (χ4n) is 2.98. The Morgan fingerprint density at radius 3 is 2.52 bits per heavy atom. The molecule has 2 aliphatic rings. The van der Waals surface area contributed by atoms with Crippen LogP contribution in [-0.4, -0.2) is 37.0 Å². The fourth-order valence-corrected chi connectivity index (χ4v) is 2.98. The minimum absolute atomic E-state index is 0.367. The molecule has 0 unspecified atom stereocenters. The molecule has 0 bridgehead atoms. The van der Waals surface area contributed by atoms with E-state index in [0.29, 0.717) is 41.7 Å². The number of allylic oxidation sites excluding steroid dienone is 3. The summed E-state index contributed by atoms with van der Waals surface area (Å²) in [5.41, 5.74) is 1.96. The Bertz CT molecular complexity index is 764. The highest BCUT2D eigenvalue weighted by Crippen LogP contribution is 2.30. The average Bonchev–Trinajstić information content (AvgIpc) is 3.09. The molecule has 2 atom stereocenters. The summed E-state index contributed by atoms with van der Waals surface area (Å²) in [6, 6.07) is 0. The number of hydrogen-bond acceptors (Lipinski definition) is 6. The molecule has 2 rings (SSSR count). The van der Waals surface area contributed by atoms with Crippen LogP contribution in [0.1, 0.15) is 47.0 Å². The van der Waals surface area contributed by atoms with Gasteiger partial charge >= 0.3 is 11.9 Å². The highest BCUT2D eigenvalue weighted by molar-refractivity contribution is 5.92. The van der Waals surface area contributed by atoms with E-state index < -0.39 is 11.7 Å². The molecular weight excluding hydrogens is 348 g/mol. The van der Waals surface area contributed by atoms with E-state index in [-0.39, 0.29) is 11.9 Å². The molecule has 0 aromatic carbocycles. The molecule has 6 nitrogen and oxygen atoms in total. The Balaban J connectivity index is 2.07. The van der Waals surface area contributed by atoms with Gasteiger partial charge in [-0.2, -0.15) is 0 Å². The maximum Gasteiger partial charge on any atom is 0.339 e. The van der Waals surface area contributed by atoms with Gasteiger partial charge in [-0.3, -0.25) is 4.79 Å². The Kier molecular flexibility index (Phi) is 6.54. The highest BCUT2D eigenvalue weighted by atomic mass is 16.6. The number of hydrogen-bond donors (Lipinski definition) is 0. The van der Waals surface area contributed by atoms with Gasteiger partial charge in [-0.1, -0.05) is 5.57 Å². The average molecular weight is 374 g/mol. The molecule has 2 aliphatic heterocycles. The zero-order valence-electron chi connectivity index (χ0n) is 16.5. The lowest BCUT2D eigenvalue weighted by Gasteiger charge is -2.26. The number of esters is 2. The molecule has 0 radical (unpaired) electrons. The SMILES string of the molecule is CO[C@@](C)(/C=C1/C=C(C)C(=O)O1)C[C@@H]1C=C(CCC(C=O)=C(C)C)C(=O)O1. The molecule has 0 aromatic rings. The first-order chi connectivity index (χ1) is 12.7. The van der Waals surface area contributed by atoms with Gasteiger partial charge in [0.2, 0.25) is 0 Å². The van der Waals surface area contributed by atoms with Crippen molar-refractivity contribution < 1.29 is 28.6 Å². The minimum Gasteiger partial charge on any atom is -0.455 e. The van der Waals surface area contributed by atoms with Crippen molar-refractivity contribution in [2.24, 2.45) is 0 Å². The summed E-state index contributed by atoms with van der Waals surface area (Å²) in [7, 11) is 1.55. The molecule has 146 valence electrons. The van der Waals surface area contributed by atoms with E-state index in [4.69, 9.17) is 14.2 Å².